The van der Waals surface area contributed by atoms with Gasteiger partial charge in [0.25, 0.3) is 0 Å². The van der Waals surface area contributed by atoms with Gasteiger partial charge in [0.05, 0.1) is 5.69 Å². The first-order valence-electron chi connectivity index (χ1n) is 6.47. The fourth-order valence-electron chi connectivity index (χ4n) is 2.12. The van der Waals surface area contributed by atoms with Crippen LogP contribution in [0.5, 0.6) is 0 Å². The third-order valence-corrected chi connectivity index (χ3v) is 3.79. The zero-order chi connectivity index (χ0) is 14.7. The van der Waals surface area contributed by atoms with E-state index < -0.39 is 0 Å². The van der Waals surface area contributed by atoms with Crippen LogP contribution in [-0.2, 0) is 6.54 Å². The van der Waals surface area contributed by atoms with Crippen molar-refractivity contribution in [1.29, 1.82) is 0 Å². The summed E-state index contributed by atoms with van der Waals surface area (Å²) in [4.78, 5) is 2.07. The van der Waals surface area contributed by atoms with Crippen LogP contribution >= 0.6 is 11.6 Å². The monoisotopic (exact) mass is 292 g/mol. The van der Waals surface area contributed by atoms with Gasteiger partial charge in [0, 0.05) is 23.2 Å². The Hall–Kier alpha value is -1.58. The van der Waals surface area contributed by atoms with Crippen molar-refractivity contribution in [3.63, 3.8) is 0 Å². The van der Waals surface area contributed by atoms with Gasteiger partial charge in [0.15, 0.2) is 5.82 Å². The summed E-state index contributed by atoms with van der Waals surface area (Å²) < 4.78 is 13.9. The minimum Gasteiger partial charge on any atom is -0.396 e. The molecule has 1 unspecified atom stereocenters. The van der Waals surface area contributed by atoms with Crippen molar-refractivity contribution in [1.82, 2.24) is 4.90 Å². The molecule has 0 fully saturated rings. The van der Waals surface area contributed by atoms with Crippen LogP contribution in [0.4, 0.5) is 10.1 Å². The van der Waals surface area contributed by atoms with Gasteiger partial charge in [-0.3, -0.25) is 4.90 Å². The number of halogens is 2. The van der Waals surface area contributed by atoms with Crippen molar-refractivity contribution >= 4 is 17.3 Å². The number of rotatable bonds is 4. The zero-order valence-corrected chi connectivity index (χ0v) is 12.4. The van der Waals surface area contributed by atoms with Crippen LogP contribution in [0, 0.1) is 5.82 Å². The van der Waals surface area contributed by atoms with Gasteiger partial charge in [-0.25, -0.2) is 4.39 Å². The van der Waals surface area contributed by atoms with Gasteiger partial charge in [0.1, 0.15) is 0 Å². The van der Waals surface area contributed by atoms with Gasteiger partial charge >= 0.3 is 0 Å². The highest BCUT2D eigenvalue weighted by Gasteiger charge is 2.14. The standard InChI is InChI=1S/C16H18ClFN2/c1-11(12-6-8-14(17)9-7-12)20(2)10-13-4-3-5-15(19)16(13)18/h3-9,11H,10,19H2,1-2H3. The predicted octanol–water partition coefficient (Wildman–Crippen LogP) is 4.25. The molecule has 2 nitrogen and oxygen atoms in total. The first kappa shape index (κ1) is 14.8. The molecule has 0 saturated carbocycles. The number of hydrogen-bond acceptors (Lipinski definition) is 2. The number of nitrogen functional groups attached to an aromatic ring is 1. The number of nitrogens with two attached hydrogens (primary N) is 1. The summed E-state index contributed by atoms with van der Waals surface area (Å²) in [6.45, 7) is 2.58. The molecule has 0 bridgehead atoms. The maximum atomic E-state index is 13.9. The van der Waals surface area contributed by atoms with E-state index in [0.717, 1.165) is 5.56 Å². The summed E-state index contributed by atoms with van der Waals surface area (Å²) in [5.41, 5.74) is 7.53. The summed E-state index contributed by atoms with van der Waals surface area (Å²) in [6.07, 6.45) is 0. The smallest absolute Gasteiger partial charge is 0.150 e. The van der Waals surface area contributed by atoms with Crippen molar-refractivity contribution in [2.24, 2.45) is 0 Å². The van der Waals surface area contributed by atoms with E-state index in [1.807, 2.05) is 31.3 Å². The van der Waals surface area contributed by atoms with Crippen LogP contribution < -0.4 is 5.73 Å². The van der Waals surface area contributed by atoms with Crippen molar-refractivity contribution < 1.29 is 4.39 Å². The molecule has 0 aliphatic carbocycles. The molecule has 2 N–H and O–H groups in total. The number of benzene rings is 2. The Morgan fingerprint density at radius 1 is 1.20 bits per heavy atom. The van der Waals surface area contributed by atoms with Crippen LogP contribution in [-0.4, -0.2) is 11.9 Å². The Morgan fingerprint density at radius 2 is 1.85 bits per heavy atom. The topological polar surface area (TPSA) is 29.3 Å². The lowest BCUT2D eigenvalue weighted by Gasteiger charge is -2.25. The highest BCUT2D eigenvalue weighted by atomic mass is 35.5. The molecule has 2 aromatic rings. The van der Waals surface area contributed by atoms with Crippen molar-refractivity contribution in [3.8, 4) is 0 Å². The summed E-state index contributed by atoms with van der Waals surface area (Å²) >= 11 is 5.89. The van der Waals surface area contributed by atoms with Crippen LogP contribution in [0.25, 0.3) is 0 Å². The van der Waals surface area contributed by atoms with E-state index in [1.54, 1.807) is 18.2 Å². The van der Waals surface area contributed by atoms with E-state index in [4.69, 9.17) is 17.3 Å². The third-order valence-electron chi connectivity index (χ3n) is 3.54. The summed E-state index contributed by atoms with van der Waals surface area (Å²) in [5, 5.41) is 0.713. The Balaban J connectivity index is 2.13. The average molecular weight is 293 g/mol. The molecule has 0 spiro atoms. The maximum Gasteiger partial charge on any atom is 0.150 e. The van der Waals surface area contributed by atoms with E-state index in [1.165, 1.54) is 0 Å². The van der Waals surface area contributed by atoms with Crippen LogP contribution in [0.15, 0.2) is 42.5 Å². The molecule has 0 radical (unpaired) electrons. The van der Waals surface area contributed by atoms with Gasteiger partial charge < -0.3 is 5.73 Å². The van der Waals surface area contributed by atoms with E-state index >= 15 is 0 Å². The molecule has 0 aliphatic rings. The van der Waals surface area contributed by atoms with E-state index in [-0.39, 0.29) is 17.5 Å². The summed E-state index contributed by atoms with van der Waals surface area (Å²) in [5.74, 6) is -0.331. The lowest BCUT2D eigenvalue weighted by molar-refractivity contribution is 0.250. The second-order valence-corrected chi connectivity index (χ2v) is 5.40. The largest absolute Gasteiger partial charge is 0.396 e. The second-order valence-electron chi connectivity index (χ2n) is 4.96. The molecule has 0 heterocycles. The quantitative estimate of drug-likeness (QED) is 0.854. The second kappa shape index (κ2) is 6.25. The van der Waals surface area contributed by atoms with Crippen LogP contribution in [0.1, 0.15) is 24.1 Å². The number of hydrogen-bond donors (Lipinski definition) is 1. The Kier molecular flexibility index (Phi) is 4.63. The maximum absolute atomic E-state index is 13.9. The van der Waals surface area contributed by atoms with Crippen molar-refractivity contribution in [2.75, 3.05) is 12.8 Å². The fraction of sp³-hybridized carbons (Fsp3) is 0.250. The predicted molar refractivity (Wildman–Crippen MR) is 82.1 cm³/mol. The van der Waals surface area contributed by atoms with E-state index in [2.05, 4.69) is 11.8 Å². The lowest BCUT2D eigenvalue weighted by atomic mass is 10.1. The minimum atomic E-state index is -0.331. The lowest BCUT2D eigenvalue weighted by Crippen LogP contribution is -2.22. The van der Waals surface area contributed by atoms with Crippen LogP contribution in [0.3, 0.4) is 0 Å². The molecule has 106 valence electrons. The molecule has 2 aromatic carbocycles. The van der Waals surface area contributed by atoms with E-state index in [9.17, 15) is 4.39 Å². The molecule has 20 heavy (non-hydrogen) atoms. The van der Waals surface area contributed by atoms with Crippen molar-refractivity contribution in [3.05, 3.63) is 64.4 Å². The van der Waals surface area contributed by atoms with Crippen molar-refractivity contribution in [2.45, 2.75) is 19.5 Å². The molecule has 4 heteroatoms. The molecular weight excluding hydrogens is 275 g/mol. The first-order valence-corrected chi connectivity index (χ1v) is 6.85. The first-order chi connectivity index (χ1) is 9.49. The number of nitrogens with zero attached hydrogens (tertiary/aromatic N) is 1. The van der Waals surface area contributed by atoms with Gasteiger partial charge in [-0.2, -0.15) is 0 Å². The molecule has 0 saturated heterocycles. The fourth-order valence-corrected chi connectivity index (χ4v) is 2.25. The summed E-state index contributed by atoms with van der Waals surface area (Å²) in [6, 6.07) is 13.0. The molecule has 2 rings (SSSR count). The van der Waals surface area contributed by atoms with Gasteiger partial charge in [-0.15, -0.1) is 0 Å². The number of anilines is 1. The zero-order valence-electron chi connectivity index (χ0n) is 11.6. The summed E-state index contributed by atoms with van der Waals surface area (Å²) in [7, 11) is 1.96. The molecule has 0 aliphatic heterocycles. The third kappa shape index (κ3) is 3.30. The normalized spacial score (nSPS) is 12.7. The Bertz CT molecular complexity index is 584. The highest BCUT2D eigenvalue weighted by molar-refractivity contribution is 6.30. The van der Waals surface area contributed by atoms with Crippen LogP contribution in [0.2, 0.25) is 5.02 Å². The van der Waals surface area contributed by atoms with Gasteiger partial charge in [-0.05, 0) is 37.7 Å². The molecule has 1 atom stereocenters. The average Bonchev–Trinajstić information content (AvgIpc) is 2.44. The van der Waals surface area contributed by atoms with Gasteiger partial charge in [0.2, 0.25) is 0 Å². The minimum absolute atomic E-state index is 0.160. The molecule has 0 amide bonds. The Labute approximate surface area is 124 Å². The van der Waals surface area contributed by atoms with E-state index in [0.29, 0.717) is 17.1 Å². The Morgan fingerprint density at radius 3 is 2.50 bits per heavy atom. The SMILES string of the molecule is CC(c1ccc(Cl)cc1)N(C)Cc1cccc(N)c1F. The highest BCUT2D eigenvalue weighted by Crippen LogP contribution is 2.24. The van der Waals surface area contributed by atoms with Gasteiger partial charge in [-0.1, -0.05) is 35.9 Å². The molecule has 0 aromatic heterocycles. The molecular formula is C16H18ClFN2.